The summed E-state index contributed by atoms with van der Waals surface area (Å²) in [6.45, 7) is 0.658. The van der Waals surface area contributed by atoms with Gasteiger partial charge in [0, 0.05) is 49.5 Å². The largest absolute Gasteiger partial charge is 0.355 e. The molecule has 0 spiro atoms. The molecule has 0 atom stereocenters. The topological polar surface area (TPSA) is 71.0 Å². The molecule has 0 saturated heterocycles. The van der Waals surface area contributed by atoms with Gasteiger partial charge in [-0.2, -0.15) is 0 Å². The van der Waals surface area contributed by atoms with Gasteiger partial charge in [-0.3, -0.25) is 9.78 Å². The molecule has 0 unspecified atom stereocenters. The number of para-hydroxylation sites is 1. The Hall–Kier alpha value is -3.80. The molecule has 144 valence electrons. The van der Waals surface area contributed by atoms with Crippen LogP contribution in [0, 0.1) is 0 Å². The summed E-state index contributed by atoms with van der Waals surface area (Å²) in [5.74, 6) is 1.44. The van der Waals surface area contributed by atoms with Crippen LogP contribution in [0.5, 0.6) is 0 Å². The number of benzene rings is 2. The molecule has 0 fully saturated rings. The lowest BCUT2D eigenvalue weighted by Crippen LogP contribution is -2.20. The molecule has 6 nitrogen and oxygen atoms in total. The molecule has 0 aliphatic heterocycles. The standard InChI is InChI=1S/C23H21N5O/c1-24-23(29)18-9-7-16(8-10-18)15-28(2)22-19-5-3-4-6-20(19)26-21(27-22)17-11-13-25-14-12-17/h3-14H,15H2,1-2H3,(H,24,29). The van der Waals surface area contributed by atoms with E-state index in [1.165, 1.54) is 0 Å². The maximum Gasteiger partial charge on any atom is 0.251 e. The second-order valence-corrected chi connectivity index (χ2v) is 6.76. The third-order valence-corrected chi connectivity index (χ3v) is 4.75. The molecule has 1 amide bonds. The Balaban J connectivity index is 1.69. The highest BCUT2D eigenvalue weighted by Crippen LogP contribution is 2.27. The summed E-state index contributed by atoms with van der Waals surface area (Å²) in [7, 11) is 3.64. The first kappa shape index (κ1) is 18.6. The van der Waals surface area contributed by atoms with Crippen molar-refractivity contribution < 1.29 is 4.79 Å². The molecule has 4 aromatic rings. The average molecular weight is 383 g/mol. The Labute approximate surface area is 169 Å². The van der Waals surface area contributed by atoms with Gasteiger partial charge < -0.3 is 10.2 Å². The van der Waals surface area contributed by atoms with Crippen molar-refractivity contribution in [3.8, 4) is 11.4 Å². The van der Waals surface area contributed by atoms with Crippen LogP contribution in [0.25, 0.3) is 22.3 Å². The van der Waals surface area contributed by atoms with Gasteiger partial charge in [0.05, 0.1) is 5.52 Å². The monoisotopic (exact) mass is 383 g/mol. The number of nitrogens with one attached hydrogen (secondary N) is 1. The van der Waals surface area contributed by atoms with Crippen molar-refractivity contribution in [2.24, 2.45) is 0 Å². The van der Waals surface area contributed by atoms with Gasteiger partial charge in [-0.15, -0.1) is 0 Å². The van der Waals surface area contributed by atoms with E-state index in [4.69, 9.17) is 9.97 Å². The second kappa shape index (κ2) is 8.06. The highest BCUT2D eigenvalue weighted by molar-refractivity contribution is 5.94. The number of hydrogen-bond acceptors (Lipinski definition) is 5. The fraction of sp³-hybridized carbons (Fsp3) is 0.130. The minimum Gasteiger partial charge on any atom is -0.355 e. The van der Waals surface area contributed by atoms with Gasteiger partial charge in [-0.05, 0) is 42.0 Å². The SMILES string of the molecule is CNC(=O)c1ccc(CN(C)c2nc(-c3ccncc3)nc3ccccc23)cc1. The van der Waals surface area contributed by atoms with E-state index in [1.807, 2.05) is 67.7 Å². The number of aromatic nitrogens is 3. The first-order valence-electron chi connectivity index (χ1n) is 9.35. The maximum absolute atomic E-state index is 11.7. The zero-order chi connectivity index (χ0) is 20.2. The van der Waals surface area contributed by atoms with Crippen molar-refractivity contribution in [3.63, 3.8) is 0 Å². The summed E-state index contributed by atoms with van der Waals surface area (Å²) in [6, 6.07) is 19.4. The van der Waals surface area contributed by atoms with Crippen molar-refractivity contribution in [1.29, 1.82) is 0 Å². The highest BCUT2D eigenvalue weighted by Gasteiger charge is 2.13. The fourth-order valence-electron chi connectivity index (χ4n) is 3.24. The Morgan fingerprint density at radius 3 is 2.41 bits per heavy atom. The first-order chi connectivity index (χ1) is 14.2. The normalized spacial score (nSPS) is 10.7. The fourth-order valence-corrected chi connectivity index (χ4v) is 3.24. The average Bonchev–Trinajstić information content (AvgIpc) is 2.78. The lowest BCUT2D eigenvalue weighted by Gasteiger charge is -2.21. The second-order valence-electron chi connectivity index (χ2n) is 6.76. The van der Waals surface area contributed by atoms with Crippen molar-refractivity contribution in [2.75, 3.05) is 19.0 Å². The van der Waals surface area contributed by atoms with E-state index in [2.05, 4.69) is 15.2 Å². The van der Waals surface area contributed by atoms with E-state index in [-0.39, 0.29) is 5.91 Å². The van der Waals surface area contributed by atoms with Gasteiger partial charge in [0.15, 0.2) is 5.82 Å². The van der Waals surface area contributed by atoms with E-state index in [9.17, 15) is 4.79 Å². The summed E-state index contributed by atoms with van der Waals surface area (Å²) in [5, 5.41) is 3.63. The highest BCUT2D eigenvalue weighted by atomic mass is 16.1. The zero-order valence-electron chi connectivity index (χ0n) is 16.3. The molecule has 0 bridgehead atoms. The van der Waals surface area contributed by atoms with Gasteiger partial charge in [0.1, 0.15) is 5.82 Å². The molecule has 1 N–H and O–H groups in total. The molecule has 2 heterocycles. The Kier molecular flexibility index (Phi) is 5.16. The van der Waals surface area contributed by atoms with E-state index >= 15 is 0 Å². The summed E-state index contributed by atoms with van der Waals surface area (Å²) in [4.78, 5) is 27.5. The predicted molar refractivity (Wildman–Crippen MR) is 115 cm³/mol. The Bertz CT molecular complexity index is 1140. The minimum atomic E-state index is -0.0892. The van der Waals surface area contributed by atoms with Crippen LogP contribution < -0.4 is 10.2 Å². The molecule has 0 aliphatic rings. The van der Waals surface area contributed by atoms with Crippen molar-refractivity contribution >= 4 is 22.6 Å². The molecule has 2 aromatic heterocycles. The van der Waals surface area contributed by atoms with E-state index < -0.39 is 0 Å². The number of nitrogens with zero attached hydrogens (tertiary/aromatic N) is 4. The van der Waals surface area contributed by atoms with Crippen molar-refractivity contribution in [1.82, 2.24) is 20.3 Å². The predicted octanol–water partition coefficient (Wildman–Crippen LogP) is 3.69. The van der Waals surface area contributed by atoms with Crippen LogP contribution in [0.2, 0.25) is 0 Å². The summed E-state index contributed by atoms with van der Waals surface area (Å²) >= 11 is 0. The van der Waals surface area contributed by atoms with Gasteiger partial charge in [0.25, 0.3) is 5.91 Å². The number of carbonyl (C=O) groups is 1. The Morgan fingerprint density at radius 2 is 1.69 bits per heavy atom. The van der Waals surface area contributed by atoms with Gasteiger partial charge in [0.2, 0.25) is 0 Å². The zero-order valence-corrected chi connectivity index (χ0v) is 16.3. The molecule has 0 radical (unpaired) electrons. The van der Waals surface area contributed by atoms with Crippen molar-refractivity contribution in [3.05, 3.63) is 84.2 Å². The van der Waals surface area contributed by atoms with Gasteiger partial charge in [-0.25, -0.2) is 9.97 Å². The summed E-state index contributed by atoms with van der Waals surface area (Å²) < 4.78 is 0. The summed E-state index contributed by atoms with van der Waals surface area (Å²) in [5.41, 5.74) is 3.56. The van der Waals surface area contributed by atoms with Crippen LogP contribution in [-0.4, -0.2) is 35.0 Å². The number of hydrogen-bond donors (Lipinski definition) is 1. The van der Waals surface area contributed by atoms with Crippen LogP contribution in [0.4, 0.5) is 5.82 Å². The molecular weight excluding hydrogens is 362 g/mol. The van der Waals surface area contributed by atoms with Crippen molar-refractivity contribution in [2.45, 2.75) is 6.54 Å². The minimum absolute atomic E-state index is 0.0892. The lowest BCUT2D eigenvalue weighted by atomic mass is 10.1. The Morgan fingerprint density at radius 1 is 0.966 bits per heavy atom. The van der Waals surface area contributed by atoms with Crippen LogP contribution >= 0.6 is 0 Å². The molecule has 29 heavy (non-hydrogen) atoms. The molecule has 6 heteroatoms. The van der Waals surface area contributed by atoms with Crippen LogP contribution in [0.15, 0.2) is 73.1 Å². The number of carbonyl (C=O) groups excluding carboxylic acids is 1. The molecular formula is C23H21N5O. The third kappa shape index (κ3) is 3.91. The maximum atomic E-state index is 11.7. The molecule has 4 rings (SSSR count). The smallest absolute Gasteiger partial charge is 0.251 e. The third-order valence-electron chi connectivity index (χ3n) is 4.75. The van der Waals surface area contributed by atoms with Crippen LogP contribution in [0.1, 0.15) is 15.9 Å². The molecule has 0 aliphatic carbocycles. The lowest BCUT2D eigenvalue weighted by molar-refractivity contribution is 0.0963. The number of fused-ring (bicyclic) bond motifs is 1. The van der Waals surface area contributed by atoms with E-state index in [0.29, 0.717) is 17.9 Å². The van der Waals surface area contributed by atoms with Crippen LogP contribution in [0.3, 0.4) is 0 Å². The van der Waals surface area contributed by atoms with E-state index in [0.717, 1.165) is 27.8 Å². The molecule has 2 aromatic carbocycles. The number of anilines is 1. The number of pyridine rings is 1. The quantitative estimate of drug-likeness (QED) is 0.569. The molecule has 0 saturated carbocycles. The van der Waals surface area contributed by atoms with Gasteiger partial charge >= 0.3 is 0 Å². The van der Waals surface area contributed by atoms with Gasteiger partial charge in [-0.1, -0.05) is 24.3 Å². The first-order valence-corrected chi connectivity index (χ1v) is 9.35. The van der Waals surface area contributed by atoms with Crippen LogP contribution in [-0.2, 0) is 6.54 Å². The number of amides is 1. The number of rotatable bonds is 5. The summed E-state index contributed by atoms with van der Waals surface area (Å²) in [6.07, 6.45) is 3.48. The van der Waals surface area contributed by atoms with E-state index in [1.54, 1.807) is 19.4 Å².